The average molecular weight is 333 g/mol. The van der Waals surface area contributed by atoms with Crippen LogP contribution in [0.15, 0.2) is 60.9 Å². The summed E-state index contributed by atoms with van der Waals surface area (Å²) in [6, 6.07) is 18.3. The zero-order valence-electron chi connectivity index (χ0n) is 14.6. The van der Waals surface area contributed by atoms with E-state index in [2.05, 4.69) is 40.1 Å². The number of aryl methyl sites for hydroxylation is 1. The standard InChI is InChI=1S/C20H23N5/c1-3-15-10-8-9-13-17(15)24-19-18(21)20(23-14-22-19)25(4-2)16-11-6-5-7-12-16/h5-14H,3-4,21H2,1-2H3,(H,22,23,24). The molecule has 0 fully saturated rings. The van der Waals surface area contributed by atoms with Gasteiger partial charge in [-0.2, -0.15) is 0 Å². The minimum Gasteiger partial charge on any atom is -0.393 e. The summed E-state index contributed by atoms with van der Waals surface area (Å²) >= 11 is 0. The van der Waals surface area contributed by atoms with Gasteiger partial charge in [-0.25, -0.2) is 9.97 Å². The number of hydrogen-bond donors (Lipinski definition) is 2. The second-order valence-electron chi connectivity index (χ2n) is 5.68. The van der Waals surface area contributed by atoms with Crippen LogP contribution in [0.25, 0.3) is 0 Å². The van der Waals surface area contributed by atoms with Crippen LogP contribution in [0.4, 0.5) is 28.7 Å². The molecule has 0 spiro atoms. The van der Waals surface area contributed by atoms with Crippen LogP contribution in [0.5, 0.6) is 0 Å². The highest BCUT2D eigenvalue weighted by atomic mass is 15.2. The second kappa shape index (κ2) is 7.66. The topological polar surface area (TPSA) is 67.1 Å². The minimum absolute atomic E-state index is 0.541. The normalized spacial score (nSPS) is 10.5. The van der Waals surface area contributed by atoms with Gasteiger partial charge in [-0.3, -0.25) is 0 Å². The molecule has 3 rings (SSSR count). The number of nitrogens with zero attached hydrogens (tertiary/aromatic N) is 3. The maximum atomic E-state index is 6.41. The highest BCUT2D eigenvalue weighted by molar-refractivity contribution is 5.81. The Morgan fingerprint density at radius 3 is 2.40 bits per heavy atom. The highest BCUT2D eigenvalue weighted by Gasteiger charge is 2.16. The molecule has 5 heteroatoms. The van der Waals surface area contributed by atoms with Crippen LogP contribution < -0.4 is 16.0 Å². The van der Waals surface area contributed by atoms with Gasteiger partial charge in [0.25, 0.3) is 0 Å². The van der Waals surface area contributed by atoms with Gasteiger partial charge in [0, 0.05) is 17.9 Å². The number of nitrogens with one attached hydrogen (secondary N) is 1. The zero-order valence-corrected chi connectivity index (χ0v) is 14.6. The Morgan fingerprint density at radius 1 is 0.960 bits per heavy atom. The molecule has 0 saturated heterocycles. The highest BCUT2D eigenvalue weighted by Crippen LogP contribution is 2.33. The molecule has 3 aromatic rings. The molecule has 5 nitrogen and oxygen atoms in total. The fraction of sp³-hybridized carbons (Fsp3) is 0.200. The van der Waals surface area contributed by atoms with Crippen LogP contribution in [0, 0.1) is 0 Å². The molecule has 1 aromatic heterocycles. The summed E-state index contributed by atoms with van der Waals surface area (Å²) in [6.07, 6.45) is 2.49. The monoisotopic (exact) mass is 333 g/mol. The zero-order chi connectivity index (χ0) is 17.6. The predicted molar refractivity (Wildman–Crippen MR) is 105 cm³/mol. The third-order valence-corrected chi connectivity index (χ3v) is 4.15. The largest absolute Gasteiger partial charge is 0.393 e. The van der Waals surface area contributed by atoms with Crippen LogP contribution in [0.3, 0.4) is 0 Å². The maximum Gasteiger partial charge on any atom is 0.161 e. The molecule has 0 saturated carbocycles. The lowest BCUT2D eigenvalue weighted by Crippen LogP contribution is -2.19. The molecule has 0 atom stereocenters. The number of nitrogens with two attached hydrogens (primary N) is 1. The fourth-order valence-electron chi connectivity index (χ4n) is 2.84. The van der Waals surface area contributed by atoms with E-state index in [1.165, 1.54) is 5.56 Å². The van der Waals surface area contributed by atoms with Crippen LogP contribution in [0.1, 0.15) is 19.4 Å². The number of hydrogen-bond acceptors (Lipinski definition) is 5. The van der Waals surface area contributed by atoms with Crippen molar-refractivity contribution >= 4 is 28.7 Å². The van der Waals surface area contributed by atoms with Crippen molar-refractivity contribution in [2.75, 3.05) is 22.5 Å². The van der Waals surface area contributed by atoms with Crippen molar-refractivity contribution in [1.29, 1.82) is 0 Å². The summed E-state index contributed by atoms with van der Waals surface area (Å²) in [5.74, 6) is 1.33. The van der Waals surface area contributed by atoms with Crippen molar-refractivity contribution in [2.24, 2.45) is 0 Å². The Balaban J connectivity index is 1.97. The van der Waals surface area contributed by atoms with Crippen molar-refractivity contribution in [3.8, 4) is 0 Å². The van der Waals surface area contributed by atoms with Gasteiger partial charge >= 0.3 is 0 Å². The van der Waals surface area contributed by atoms with E-state index in [0.29, 0.717) is 17.3 Å². The van der Waals surface area contributed by atoms with E-state index < -0.39 is 0 Å². The first-order valence-electron chi connectivity index (χ1n) is 8.52. The lowest BCUT2D eigenvalue weighted by Gasteiger charge is -2.24. The Kier molecular flexibility index (Phi) is 5.14. The van der Waals surface area contributed by atoms with Crippen molar-refractivity contribution in [3.63, 3.8) is 0 Å². The van der Waals surface area contributed by atoms with E-state index in [0.717, 1.165) is 24.3 Å². The third kappa shape index (κ3) is 3.55. The van der Waals surface area contributed by atoms with Crippen molar-refractivity contribution in [2.45, 2.75) is 20.3 Å². The Bertz CT molecular complexity index is 832. The molecule has 0 aliphatic carbocycles. The van der Waals surface area contributed by atoms with E-state index in [9.17, 15) is 0 Å². The van der Waals surface area contributed by atoms with Gasteiger partial charge in [0.05, 0.1) is 0 Å². The number of anilines is 5. The number of para-hydroxylation sites is 2. The first-order valence-corrected chi connectivity index (χ1v) is 8.52. The van der Waals surface area contributed by atoms with E-state index >= 15 is 0 Å². The van der Waals surface area contributed by atoms with Crippen LogP contribution in [-0.2, 0) is 6.42 Å². The first-order chi connectivity index (χ1) is 12.2. The number of benzene rings is 2. The van der Waals surface area contributed by atoms with Gasteiger partial charge in [0.2, 0.25) is 0 Å². The first kappa shape index (κ1) is 16.8. The quantitative estimate of drug-likeness (QED) is 0.694. The minimum atomic E-state index is 0.541. The predicted octanol–water partition coefficient (Wildman–Crippen LogP) is 4.52. The van der Waals surface area contributed by atoms with Crippen molar-refractivity contribution in [3.05, 3.63) is 66.5 Å². The number of aromatic nitrogens is 2. The van der Waals surface area contributed by atoms with Gasteiger partial charge in [-0.05, 0) is 37.1 Å². The molecule has 0 aliphatic rings. The molecule has 0 radical (unpaired) electrons. The van der Waals surface area contributed by atoms with Gasteiger partial charge in [-0.1, -0.05) is 43.3 Å². The molecule has 1 heterocycles. The van der Waals surface area contributed by atoms with Gasteiger partial charge in [0.1, 0.15) is 12.0 Å². The number of nitrogen functional groups attached to an aromatic ring is 1. The summed E-state index contributed by atoms with van der Waals surface area (Å²) < 4.78 is 0. The number of rotatable bonds is 6. The molecule has 25 heavy (non-hydrogen) atoms. The van der Waals surface area contributed by atoms with Gasteiger partial charge in [-0.15, -0.1) is 0 Å². The molecule has 2 aromatic carbocycles. The van der Waals surface area contributed by atoms with Crippen LogP contribution in [-0.4, -0.2) is 16.5 Å². The van der Waals surface area contributed by atoms with Crippen molar-refractivity contribution < 1.29 is 0 Å². The molecule has 0 bridgehead atoms. The average Bonchev–Trinajstić information content (AvgIpc) is 2.66. The molecule has 0 aliphatic heterocycles. The summed E-state index contributed by atoms with van der Waals surface area (Å²) in [4.78, 5) is 10.8. The Hall–Kier alpha value is -3.08. The molecule has 0 amide bonds. The maximum absolute atomic E-state index is 6.41. The summed E-state index contributed by atoms with van der Waals surface area (Å²) in [5.41, 5.74) is 10.2. The molecular weight excluding hydrogens is 310 g/mol. The summed E-state index contributed by atoms with van der Waals surface area (Å²) in [6.45, 7) is 4.97. The van der Waals surface area contributed by atoms with Gasteiger partial charge in [0.15, 0.2) is 11.6 Å². The van der Waals surface area contributed by atoms with Crippen LogP contribution in [0.2, 0.25) is 0 Å². The summed E-state index contributed by atoms with van der Waals surface area (Å²) in [5, 5.41) is 3.36. The SMILES string of the molecule is CCc1ccccc1Nc1ncnc(N(CC)c2ccccc2)c1N. The van der Waals surface area contributed by atoms with E-state index in [1.807, 2.05) is 48.5 Å². The smallest absolute Gasteiger partial charge is 0.161 e. The van der Waals surface area contributed by atoms with Crippen LogP contribution >= 0.6 is 0 Å². The van der Waals surface area contributed by atoms with E-state index in [4.69, 9.17) is 5.73 Å². The molecule has 3 N–H and O–H groups in total. The molecular formula is C20H23N5. The third-order valence-electron chi connectivity index (χ3n) is 4.15. The molecule has 0 unspecified atom stereocenters. The lowest BCUT2D eigenvalue weighted by molar-refractivity contribution is 0.980. The molecule has 128 valence electrons. The summed E-state index contributed by atoms with van der Waals surface area (Å²) in [7, 11) is 0. The van der Waals surface area contributed by atoms with E-state index in [-0.39, 0.29) is 0 Å². The fourth-order valence-corrected chi connectivity index (χ4v) is 2.84. The lowest BCUT2D eigenvalue weighted by atomic mass is 10.1. The second-order valence-corrected chi connectivity index (χ2v) is 5.68. The van der Waals surface area contributed by atoms with Crippen molar-refractivity contribution in [1.82, 2.24) is 9.97 Å². The van der Waals surface area contributed by atoms with Gasteiger partial charge < -0.3 is 16.0 Å². The Morgan fingerprint density at radius 2 is 1.68 bits per heavy atom. The Labute approximate surface area is 148 Å². The van der Waals surface area contributed by atoms with E-state index in [1.54, 1.807) is 6.33 Å².